The minimum Gasteiger partial charge on any atom is -0.350 e. The van der Waals surface area contributed by atoms with E-state index in [1.807, 2.05) is 6.92 Å². The van der Waals surface area contributed by atoms with E-state index in [4.69, 9.17) is 11.6 Å². The van der Waals surface area contributed by atoms with Crippen molar-refractivity contribution in [2.24, 2.45) is 0 Å². The molecule has 3 rings (SSSR count). The van der Waals surface area contributed by atoms with Crippen molar-refractivity contribution < 1.29 is 17.6 Å². The first-order chi connectivity index (χ1) is 14.3. The van der Waals surface area contributed by atoms with Gasteiger partial charge in [0.15, 0.2) is 0 Å². The number of benzene rings is 3. The zero-order valence-electron chi connectivity index (χ0n) is 16.2. The molecule has 3 aromatic carbocycles. The van der Waals surface area contributed by atoms with Gasteiger partial charge in [0, 0.05) is 11.6 Å². The fourth-order valence-electron chi connectivity index (χ4n) is 2.75. The number of carbonyl (C=O) groups is 1. The van der Waals surface area contributed by atoms with E-state index in [0.717, 1.165) is 9.87 Å². The second kappa shape index (κ2) is 9.28. The van der Waals surface area contributed by atoms with Gasteiger partial charge in [-0.2, -0.15) is 0 Å². The number of hydrogen-bond donors (Lipinski definition) is 1. The van der Waals surface area contributed by atoms with Crippen LogP contribution in [-0.4, -0.2) is 20.9 Å². The summed E-state index contributed by atoms with van der Waals surface area (Å²) in [6.45, 7) is 1.59. The molecule has 0 unspecified atom stereocenters. The second-order valence-electron chi connectivity index (χ2n) is 6.70. The van der Waals surface area contributed by atoms with Crippen molar-refractivity contribution in [1.82, 2.24) is 5.32 Å². The number of halogens is 2. The number of nitrogens with one attached hydrogen (secondary N) is 1. The van der Waals surface area contributed by atoms with Gasteiger partial charge in [-0.25, -0.2) is 12.8 Å². The Hall–Kier alpha value is -2.90. The average Bonchev–Trinajstić information content (AvgIpc) is 2.72. The molecule has 0 heterocycles. The molecule has 0 saturated heterocycles. The van der Waals surface area contributed by atoms with Crippen LogP contribution in [0.2, 0.25) is 5.02 Å². The monoisotopic (exact) mass is 446 g/mol. The van der Waals surface area contributed by atoms with Crippen LogP contribution >= 0.6 is 11.6 Å². The highest BCUT2D eigenvalue weighted by Crippen LogP contribution is 2.25. The molecule has 0 saturated carbocycles. The summed E-state index contributed by atoms with van der Waals surface area (Å²) in [6.07, 6.45) is 0. The zero-order chi connectivity index (χ0) is 21.7. The summed E-state index contributed by atoms with van der Waals surface area (Å²) < 4.78 is 40.6. The van der Waals surface area contributed by atoms with Gasteiger partial charge in [-0.3, -0.25) is 9.10 Å². The third-order valence-corrected chi connectivity index (χ3v) is 6.45. The Balaban J connectivity index is 1.84. The standard InChI is InChI=1S/C22H20ClFN2O3S/c1-16-2-12-21(13-3-16)30(28,29)26(20-10-6-18(23)7-11-20)15-22(27)25-14-17-4-8-19(24)9-5-17/h2-13H,14-15H2,1H3,(H,25,27). The molecule has 0 spiro atoms. The Labute approximate surface area is 180 Å². The van der Waals surface area contributed by atoms with Crippen LogP contribution in [0, 0.1) is 12.7 Å². The first-order valence-electron chi connectivity index (χ1n) is 9.12. The van der Waals surface area contributed by atoms with Gasteiger partial charge in [-0.15, -0.1) is 0 Å². The first kappa shape index (κ1) is 21.8. The smallest absolute Gasteiger partial charge is 0.264 e. The molecule has 0 bridgehead atoms. The number of sulfonamides is 1. The molecule has 0 aliphatic rings. The fraction of sp³-hybridized carbons (Fsp3) is 0.136. The number of anilines is 1. The van der Waals surface area contributed by atoms with Crippen molar-refractivity contribution >= 4 is 33.2 Å². The minimum absolute atomic E-state index is 0.0781. The third kappa shape index (κ3) is 5.37. The molecule has 8 heteroatoms. The van der Waals surface area contributed by atoms with Gasteiger partial charge in [-0.05, 0) is 61.0 Å². The number of hydrogen-bond acceptors (Lipinski definition) is 3. The van der Waals surface area contributed by atoms with Gasteiger partial charge < -0.3 is 5.32 Å². The zero-order valence-corrected chi connectivity index (χ0v) is 17.8. The number of aryl methyl sites for hydroxylation is 1. The maximum Gasteiger partial charge on any atom is 0.264 e. The number of carbonyl (C=O) groups excluding carboxylic acids is 1. The SMILES string of the molecule is Cc1ccc(S(=O)(=O)N(CC(=O)NCc2ccc(F)cc2)c2ccc(Cl)cc2)cc1. The molecular formula is C22H20ClFN2O3S. The van der Waals surface area contributed by atoms with Crippen LogP contribution in [0.1, 0.15) is 11.1 Å². The van der Waals surface area contributed by atoms with Gasteiger partial charge in [0.1, 0.15) is 12.4 Å². The van der Waals surface area contributed by atoms with Crippen LogP contribution in [0.5, 0.6) is 0 Å². The van der Waals surface area contributed by atoms with E-state index in [1.165, 1.54) is 24.3 Å². The molecule has 1 N–H and O–H groups in total. The predicted octanol–water partition coefficient (Wildman–Crippen LogP) is 4.30. The van der Waals surface area contributed by atoms with Gasteiger partial charge in [-0.1, -0.05) is 41.4 Å². The topological polar surface area (TPSA) is 66.5 Å². The molecule has 0 atom stereocenters. The summed E-state index contributed by atoms with van der Waals surface area (Å²) in [7, 11) is -3.99. The molecule has 0 fully saturated rings. The van der Waals surface area contributed by atoms with E-state index >= 15 is 0 Å². The van der Waals surface area contributed by atoms with Gasteiger partial charge in [0.2, 0.25) is 5.91 Å². The van der Waals surface area contributed by atoms with Crippen LogP contribution in [0.3, 0.4) is 0 Å². The predicted molar refractivity (Wildman–Crippen MR) is 115 cm³/mol. The van der Waals surface area contributed by atoms with Crippen molar-refractivity contribution in [3.63, 3.8) is 0 Å². The molecule has 0 aliphatic heterocycles. The first-order valence-corrected chi connectivity index (χ1v) is 10.9. The summed E-state index contributed by atoms with van der Waals surface area (Å²) in [5, 5.41) is 3.12. The number of amides is 1. The van der Waals surface area contributed by atoms with Crippen molar-refractivity contribution in [3.05, 3.63) is 94.8 Å². The Kier molecular flexibility index (Phi) is 6.74. The molecular weight excluding hydrogens is 427 g/mol. The number of nitrogens with zero attached hydrogens (tertiary/aromatic N) is 1. The van der Waals surface area contributed by atoms with Crippen molar-refractivity contribution in [2.75, 3.05) is 10.8 Å². The quantitative estimate of drug-likeness (QED) is 0.588. The molecule has 30 heavy (non-hydrogen) atoms. The van der Waals surface area contributed by atoms with Crippen LogP contribution in [0.4, 0.5) is 10.1 Å². The largest absolute Gasteiger partial charge is 0.350 e. The normalized spacial score (nSPS) is 11.2. The number of rotatable bonds is 7. The van der Waals surface area contributed by atoms with E-state index in [0.29, 0.717) is 16.3 Å². The molecule has 0 radical (unpaired) electrons. The van der Waals surface area contributed by atoms with Crippen molar-refractivity contribution in [1.29, 1.82) is 0 Å². The highest BCUT2D eigenvalue weighted by atomic mass is 35.5. The maximum absolute atomic E-state index is 13.2. The van der Waals surface area contributed by atoms with E-state index in [-0.39, 0.29) is 17.3 Å². The van der Waals surface area contributed by atoms with Gasteiger partial charge in [0.25, 0.3) is 10.0 Å². The molecule has 0 aromatic heterocycles. The minimum atomic E-state index is -3.99. The summed E-state index contributed by atoms with van der Waals surface area (Å²) >= 11 is 5.93. The summed E-state index contributed by atoms with van der Waals surface area (Å²) in [4.78, 5) is 12.6. The lowest BCUT2D eigenvalue weighted by molar-refractivity contribution is -0.119. The van der Waals surface area contributed by atoms with Crippen molar-refractivity contribution in [2.45, 2.75) is 18.4 Å². The highest BCUT2D eigenvalue weighted by Gasteiger charge is 2.27. The van der Waals surface area contributed by atoms with Crippen LogP contribution in [0.25, 0.3) is 0 Å². The molecule has 156 valence electrons. The van der Waals surface area contributed by atoms with Gasteiger partial charge in [0.05, 0.1) is 10.6 Å². The van der Waals surface area contributed by atoms with Crippen LogP contribution < -0.4 is 9.62 Å². The maximum atomic E-state index is 13.2. The molecule has 1 amide bonds. The van der Waals surface area contributed by atoms with E-state index in [9.17, 15) is 17.6 Å². The second-order valence-corrected chi connectivity index (χ2v) is 9.00. The summed E-state index contributed by atoms with van der Waals surface area (Å²) in [6, 6.07) is 18.3. The fourth-order valence-corrected chi connectivity index (χ4v) is 4.30. The third-order valence-electron chi connectivity index (χ3n) is 4.41. The summed E-state index contributed by atoms with van der Waals surface area (Å²) in [5.74, 6) is -0.867. The molecule has 0 aliphatic carbocycles. The average molecular weight is 447 g/mol. The lowest BCUT2D eigenvalue weighted by Gasteiger charge is -2.24. The Bertz CT molecular complexity index is 1120. The van der Waals surface area contributed by atoms with Crippen LogP contribution in [-0.2, 0) is 21.4 Å². The Morgan fingerprint density at radius 1 is 0.967 bits per heavy atom. The highest BCUT2D eigenvalue weighted by molar-refractivity contribution is 7.92. The summed E-state index contributed by atoms with van der Waals surface area (Å²) in [5.41, 5.74) is 1.94. The molecule has 3 aromatic rings. The van der Waals surface area contributed by atoms with E-state index in [2.05, 4.69) is 5.32 Å². The van der Waals surface area contributed by atoms with E-state index < -0.39 is 22.5 Å². The van der Waals surface area contributed by atoms with Crippen LogP contribution in [0.15, 0.2) is 77.7 Å². The van der Waals surface area contributed by atoms with Crippen molar-refractivity contribution in [3.8, 4) is 0 Å². The Morgan fingerprint density at radius 2 is 1.57 bits per heavy atom. The van der Waals surface area contributed by atoms with Gasteiger partial charge >= 0.3 is 0 Å². The Morgan fingerprint density at radius 3 is 2.17 bits per heavy atom. The lowest BCUT2D eigenvalue weighted by atomic mass is 10.2. The lowest BCUT2D eigenvalue weighted by Crippen LogP contribution is -2.40. The van der Waals surface area contributed by atoms with E-state index in [1.54, 1.807) is 48.5 Å². The molecule has 5 nitrogen and oxygen atoms in total.